The van der Waals surface area contributed by atoms with E-state index in [-0.39, 0.29) is 17.6 Å². The molecule has 8 heteroatoms. The third-order valence-electron chi connectivity index (χ3n) is 5.50. The van der Waals surface area contributed by atoms with Crippen LogP contribution in [0.2, 0.25) is 0 Å². The van der Waals surface area contributed by atoms with E-state index in [0.717, 1.165) is 46.9 Å². The zero-order valence-electron chi connectivity index (χ0n) is 18.0. The normalized spacial score (nSPS) is 16.4. The molecule has 1 aliphatic heterocycles. The summed E-state index contributed by atoms with van der Waals surface area (Å²) in [4.78, 5) is 30.4. The Kier molecular flexibility index (Phi) is 6.27. The molecule has 1 aromatic carbocycles. The molecule has 1 aliphatic rings. The summed E-state index contributed by atoms with van der Waals surface area (Å²) in [6, 6.07) is 6.50. The Morgan fingerprint density at radius 3 is 2.87 bits per heavy atom. The first-order valence-electron chi connectivity index (χ1n) is 10.4. The summed E-state index contributed by atoms with van der Waals surface area (Å²) in [7, 11) is 3.79. The van der Waals surface area contributed by atoms with Crippen LogP contribution in [0.1, 0.15) is 35.2 Å². The third kappa shape index (κ3) is 4.90. The van der Waals surface area contributed by atoms with Crippen molar-refractivity contribution in [3.8, 4) is 11.1 Å². The van der Waals surface area contributed by atoms with Gasteiger partial charge in [-0.2, -0.15) is 0 Å². The Morgan fingerprint density at radius 1 is 1.32 bits per heavy atom. The minimum Gasteiger partial charge on any atom is -0.347 e. The van der Waals surface area contributed by atoms with E-state index >= 15 is 0 Å². The first-order valence-corrected chi connectivity index (χ1v) is 11.3. The van der Waals surface area contributed by atoms with Crippen molar-refractivity contribution in [3.05, 3.63) is 58.1 Å². The van der Waals surface area contributed by atoms with E-state index in [4.69, 9.17) is 4.98 Å². The highest BCUT2D eigenvalue weighted by atomic mass is 32.1. The van der Waals surface area contributed by atoms with Crippen LogP contribution in [0.25, 0.3) is 11.1 Å². The number of anilines is 1. The van der Waals surface area contributed by atoms with Crippen LogP contribution in [-0.2, 0) is 11.2 Å². The van der Waals surface area contributed by atoms with E-state index in [2.05, 4.69) is 9.97 Å². The number of piperidine rings is 1. The van der Waals surface area contributed by atoms with Crippen molar-refractivity contribution in [1.29, 1.82) is 0 Å². The second-order valence-corrected chi connectivity index (χ2v) is 9.15. The minimum atomic E-state index is -0.292. The Hall–Kier alpha value is -2.87. The molecule has 0 aliphatic carbocycles. The zero-order chi connectivity index (χ0) is 22.0. The average Bonchev–Trinajstić information content (AvgIpc) is 3.17. The van der Waals surface area contributed by atoms with Crippen LogP contribution in [0.3, 0.4) is 0 Å². The summed E-state index contributed by atoms with van der Waals surface area (Å²) >= 11 is 1.56. The molecule has 0 saturated carbocycles. The number of likely N-dealkylation sites (tertiary alicyclic amines) is 1. The number of amides is 1. The van der Waals surface area contributed by atoms with Crippen molar-refractivity contribution in [2.24, 2.45) is 0 Å². The van der Waals surface area contributed by atoms with E-state index in [0.29, 0.717) is 18.9 Å². The first kappa shape index (κ1) is 21.4. The van der Waals surface area contributed by atoms with Gasteiger partial charge in [0.1, 0.15) is 5.82 Å². The highest BCUT2D eigenvalue weighted by Crippen LogP contribution is 2.34. The lowest BCUT2D eigenvalue weighted by Crippen LogP contribution is -2.40. The maximum Gasteiger partial charge on any atom is 0.228 e. The summed E-state index contributed by atoms with van der Waals surface area (Å²) in [6.07, 6.45) is 3.91. The van der Waals surface area contributed by atoms with Gasteiger partial charge in [-0.15, -0.1) is 11.3 Å². The fourth-order valence-electron chi connectivity index (χ4n) is 3.97. The van der Waals surface area contributed by atoms with Gasteiger partial charge in [-0.05, 0) is 37.5 Å². The molecule has 1 unspecified atom stereocenters. The molecule has 1 atom stereocenters. The molecule has 0 N–H and O–H groups in total. The smallest absolute Gasteiger partial charge is 0.228 e. The zero-order valence-corrected chi connectivity index (χ0v) is 18.8. The quantitative estimate of drug-likeness (QED) is 0.600. The largest absolute Gasteiger partial charge is 0.347 e. The molecule has 6 nitrogen and oxygen atoms in total. The molecule has 1 amide bonds. The average molecular weight is 440 g/mol. The number of aromatic nitrogens is 3. The molecule has 1 saturated heterocycles. The second-order valence-electron chi connectivity index (χ2n) is 8.09. The molecule has 1 fully saturated rings. The van der Waals surface area contributed by atoms with Gasteiger partial charge in [0, 0.05) is 50.2 Å². The highest BCUT2D eigenvalue weighted by Gasteiger charge is 2.28. The molecule has 0 bridgehead atoms. The van der Waals surface area contributed by atoms with Gasteiger partial charge in [0.2, 0.25) is 11.9 Å². The number of carbonyl (C=O) groups excluding carboxylic acids is 1. The predicted molar refractivity (Wildman–Crippen MR) is 121 cm³/mol. The molecule has 0 spiro atoms. The molecule has 4 rings (SSSR count). The Labute approximate surface area is 185 Å². The van der Waals surface area contributed by atoms with Crippen molar-refractivity contribution in [1.82, 2.24) is 19.9 Å². The van der Waals surface area contributed by atoms with Crippen LogP contribution in [0, 0.1) is 12.7 Å². The van der Waals surface area contributed by atoms with Gasteiger partial charge >= 0.3 is 0 Å². The Bertz CT molecular complexity index is 1080. The van der Waals surface area contributed by atoms with Gasteiger partial charge in [0.25, 0.3) is 0 Å². The molecule has 2 aromatic heterocycles. The minimum absolute atomic E-state index is 0.0647. The number of hydrogen-bond donors (Lipinski definition) is 0. The van der Waals surface area contributed by atoms with Gasteiger partial charge in [-0.1, -0.05) is 12.1 Å². The number of nitrogens with zero attached hydrogens (tertiary/aromatic N) is 5. The summed E-state index contributed by atoms with van der Waals surface area (Å²) in [5.41, 5.74) is 3.26. The number of carbonyl (C=O) groups is 1. The standard InChI is InChI=1S/C23H26FN5OS/c1-15-26-19(14-31-15)11-21(30)29-9-5-7-17(13-29)22-20(12-25-23(27-22)28(2)3)16-6-4-8-18(24)10-16/h4,6,8,10,12,14,17H,5,7,9,11,13H2,1-3H3. The second kappa shape index (κ2) is 9.09. The predicted octanol–water partition coefficient (Wildman–Crippen LogP) is 4.06. The lowest BCUT2D eigenvalue weighted by Gasteiger charge is -2.33. The van der Waals surface area contributed by atoms with Crippen LogP contribution >= 0.6 is 11.3 Å². The van der Waals surface area contributed by atoms with E-state index in [1.165, 1.54) is 12.1 Å². The maximum absolute atomic E-state index is 13.9. The van der Waals surface area contributed by atoms with Crippen molar-refractivity contribution in [2.75, 3.05) is 32.1 Å². The maximum atomic E-state index is 13.9. The molecule has 3 heterocycles. The summed E-state index contributed by atoms with van der Waals surface area (Å²) in [6.45, 7) is 3.27. The van der Waals surface area contributed by atoms with Crippen LogP contribution in [-0.4, -0.2) is 52.9 Å². The lowest BCUT2D eigenvalue weighted by molar-refractivity contribution is -0.131. The fourth-order valence-corrected chi connectivity index (χ4v) is 4.59. The fraction of sp³-hybridized carbons (Fsp3) is 0.391. The van der Waals surface area contributed by atoms with Crippen LogP contribution < -0.4 is 4.90 Å². The SMILES string of the molecule is Cc1nc(CC(=O)N2CCCC(c3nc(N(C)C)ncc3-c3cccc(F)c3)C2)cs1. The van der Waals surface area contributed by atoms with Crippen LogP contribution in [0.15, 0.2) is 35.8 Å². The first-order chi connectivity index (χ1) is 14.9. The molecule has 31 heavy (non-hydrogen) atoms. The molecule has 0 radical (unpaired) electrons. The Balaban J connectivity index is 1.62. The molecule has 3 aromatic rings. The van der Waals surface area contributed by atoms with E-state index in [9.17, 15) is 9.18 Å². The van der Waals surface area contributed by atoms with Gasteiger partial charge in [0.05, 0.1) is 22.8 Å². The number of hydrogen-bond acceptors (Lipinski definition) is 6. The topological polar surface area (TPSA) is 62.2 Å². The van der Waals surface area contributed by atoms with Crippen molar-refractivity contribution in [2.45, 2.75) is 32.1 Å². The summed E-state index contributed by atoms with van der Waals surface area (Å²) in [5, 5.41) is 2.92. The van der Waals surface area contributed by atoms with Gasteiger partial charge in [-0.3, -0.25) is 4.79 Å². The Morgan fingerprint density at radius 2 is 2.16 bits per heavy atom. The third-order valence-corrected chi connectivity index (χ3v) is 6.32. The number of halogens is 1. The van der Waals surface area contributed by atoms with E-state index in [1.807, 2.05) is 42.3 Å². The van der Waals surface area contributed by atoms with Gasteiger partial charge in [0.15, 0.2) is 0 Å². The van der Waals surface area contributed by atoms with Gasteiger partial charge in [-0.25, -0.2) is 19.3 Å². The number of rotatable bonds is 5. The monoisotopic (exact) mass is 439 g/mol. The lowest BCUT2D eigenvalue weighted by atomic mass is 9.89. The summed E-state index contributed by atoms with van der Waals surface area (Å²) in [5.74, 6) is 0.467. The van der Waals surface area contributed by atoms with Crippen LogP contribution in [0.4, 0.5) is 10.3 Å². The number of thiazole rings is 1. The molecular weight excluding hydrogens is 413 g/mol. The number of aryl methyl sites for hydroxylation is 1. The number of benzene rings is 1. The van der Waals surface area contributed by atoms with Crippen molar-refractivity contribution >= 4 is 23.2 Å². The highest BCUT2D eigenvalue weighted by molar-refractivity contribution is 7.09. The van der Waals surface area contributed by atoms with Crippen molar-refractivity contribution in [3.63, 3.8) is 0 Å². The van der Waals surface area contributed by atoms with E-state index < -0.39 is 0 Å². The van der Waals surface area contributed by atoms with Gasteiger partial charge < -0.3 is 9.80 Å². The van der Waals surface area contributed by atoms with E-state index in [1.54, 1.807) is 23.6 Å². The van der Waals surface area contributed by atoms with Crippen LogP contribution in [0.5, 0.6) is 0 Å². The summed E-state index contributed by atoms with van der Waals surface area (Å²) < 4.78 is 13.9. The van der Waals surface area contributed by atoms with Crippen molar-refractivity contribution < 1.29 is 9.18 Å². The molecule has 162 valence electrons. The molecular formula is C23H26FN5OS.